The van der Waals surface area contributed by atoms with Gasteiger partial charge in [-0.05, 0) is 41.6 Å². The molecule has 33 heavy (non-hydrogen) atoms. The lowest BCUT2D eigenvalue weighted by molar-refractivity contribution is 0.985. The van der Waals surface area contributed by atoms with Gasteiger partial charge in [-0.3, -0.25) is 0 Å². The molecule has 0 amide bonds. The van der Waals surface area contributed by atoms with E-state index in [0.29, 0.717) is 5.95 Å². The van der Waals surface area contributed by atoms with Crippen molar-refractivity contribution in [2.24, 2.45) is 0 Å². The Morgan fingerprint density at radius 1 is 0.909 bits per heavy atom. The minimum atomic E-state index is 0.631. The molecule has 0 aliphatic heterocycles. The van der Waals surface area contributed by atoms with Crippen molar-refractivity contribution in [2.45, 2.75) is 6.42 Å². The molecule has 0 saturated heterocycles. The van der Waals surface area contributed by atoms with Crippen LogP contribution in [0.3, 0.4) is 0 Å². The Morgan fingerprint density at radius 3 is 2.70 bits per heavy atom. The van der Waals surface area contributed by atoms with E-state index in [1.807, 2.05) is 24.5 Å². The molecule has 0 spiro atoms. The number of pyridine rings is 1. The summed E-state index contributed by atoms with van der Waals surface area (Å²) in [5, 5.41) is 5.66. The molecule has 4 aromatic heterocycles. The van der Waals surface area contributed by atoms with Gasteiger partial charge in [0, 0.05) is 51.2 Å². The zero-order valence-electron chi connectivity index (χ0n) is 17.8. The maximum atomic E-state index is 4.77. The summed E-state index contributed by atoms with van der Waals surface area (Å²) in [6, 6.07) is 25.2. The molecular formula is C27H21N5S. The first-order valence-electron chi connectivity index (χ1n) is 10.9. The van der Waals surface area contributed by atoms with Crippen LogP contribution in [0, 0.1) is 0 Å². The van der Waals surface area contributed by atoms with Gasteiger partial charge >= 0.3 is 0 Å². The maximum absolute atomic E-state index is 4.77. The molecule has 0 radical (unpaired) electrons. The van der Waals surface area contributed by atoms with Crippen LogP contribution in [0.4, 0.5) is 5.95 Å². The molecule has 0 aliphatic carbocycles. The van der Waals surface area contributed by atoms with E-state index in [0.717, 1.165) is 40.8 Å². The van der Waals surface area contributed by atoms with Crippen molar-refractivity contribution in [2.75, 3.05) is 11.9 Å². The fourth-order valence-electron chi connectivity index (χ4n) is 4.03. The fraction of sp³-hybridized carbons (Fsp3) is 0.0741. The predicted molar refractivity (Wildman–Crippen MR) is 137 cm³/mol. The largest absolute Gasteiger partial charge is 0.354 e. The number of thiophene rings is 1. The summed E-state index contributed by atoms with van der Waals surface area (Å²) >= 11 is 1.79. The Bertz CT molecular complexity index is 1520. The van der Waals surface area contributed by atoms with Crippen LogP contribution in [0.1, 0.15) is 5.56 Å². The van der Waals surface area contributed by atoms with Crippen molar-refractivity contribution >= 4 is 38.4 Å². The van der Waals surface area contributed by atoms with E-state index in [9.17, 15) is 0 Å². The molecule has 0 bridgehead atoms. The number of benzene rings is 2. The summed E-state index contributed by atoms with van der Waals surface area (Å²) in [4.78, 5) is 18.3. The summed E-state index contributed by atoms with van der Waals surface area (Å²) in [5.41, 5.74) is 5.15. The van der Waals surface area contributed by atoms with Crippen LogP contribution in [0.2, 0.25) is 0 Å². The van der Waals surface area contributed by atoms with Crippen LogP contribution >= 0.6 is 11.3 Å². The molecule has 2 N–H and O–H groups in total. The van der Waals surface area contributed by atoms with Gasteiger partial charge in [0.05, 0.1) is 5.69 Å². The molecule has 5 nitrogen and oxygen atoms in total. The normalized spacial score (nSPS) is 11.3. The summed E-state index contributed by atoms with van der Waals surface area (Å²) in [6.07, 6.45) is 6.63. The van der Waals surface area contributed by atoms with Gasteiger partial charge in [-0.1, -0.05) is 48.5 Å². The van der Waals surface area contributed by atoms with Gasteiger partial charge in [0.25, 0.3) is 0 Å². The molecule has 6 rings (SSSR count). The second-order valence-electron chi connectivity index (χ2n) is 7.90. The zero-order valence-corrected chi connectivity index (χ0v) is 18.6. The summed E-state index contributed by atoms with van der Waals surface area (Å²) < 4.78 is 1.28. The highest BCUT2D eigenvalue weighted by atomic mass is 32.1. The highest BCUT2D eigenvalue weighted by Crippen LogP contribution is 2.36. The second kappa shape index (κ2) is 8.48. The Labute approximate surface area is 195 Å². The molecule has 0 fully saturated rings. The number of H-pyrrole nitrogens is 1. The highest BCUT2D eigenvalue weighted by molar-refractivity contribution is 7.22. The summed E-state index contributed by atoms with van der Waals surface area (Å²) in [7, 11) is 0. The number of hydrogen-bond donors (Lipinski definition) is 2. The van der Waals surface area contributed by atoms with E-state index in [1.165, 1.54) is 20.5 Å². The lowest BCUT2D eigenvalue weighted by atomic mass is 10.1. The minimum Gasteiger partial charge on any atom is -0.354 e. The van der Waals surface area contributed by atoms with E-state index in [2.05, 4.69) is 80.9 Å². The molecule has 160 valence electrons. The Hall–Kier alpha value is -4.03. The van der Waals surface area contributed by atoms with Crippen LogP contribution in [-0.4, -0.2) is 26.5 Å². The van der Waals surface area contributed by atoms with E-state index in [-0.39, 0.29) is 0 Å². The van der Waals surface area contributed by atoms with Gasteiger partial charge in [-0.15, -0.1) is 11.3 Å². The van der Waals surface area contributed by atoms with E-state index >= 15 is 0 Å². The SMILES string of the molecule is c1ccc(CCNc2nccc(-c3c[nH]c4ncc(-c5cc6ccccc6s5)cc34)n2)cc1. The fourth-order valence-corrected chi connectivity index (χ4v) is 5.08. The van der Waals surface area contributed by atoms with Crippen LogP contribution in [0.25, 0.3) is 42.8 Å². The van der Waals surface area contributed by atoms with Crippen molar-refractivity contribution in [1.82, 2.24) is 19.9 Å². The Balaban J connectivity index is 1.29. The summed E-state index contributed by atoms with van der Waals surface area (Å²) in [6.45, 7) is 0.777. The molecule has 0 aliphatic rings. The van der Waals surface area contributed by atoms with Crippen molar-refractivity contribution in [3.05, 3.63) is 97.0 Å². The van der Waals surface area contributed by atoms with Crippen LogP contribution < -0.4 is 5.32 Å². The average molecular weight is 448 g/mol. The van der Waals surface area contributed by atoms with Crippen LogP contribution in [0.5, 0.6) is 0 Å². The highest BCUT2D eigenvalue weighted by Gasteiger charge is 2.12. The number of anilines is 1. The number of fused-ring (bicyclic) bond motifs is 2. The van der Waals surface area contributed by atoms with Gasteiger partial charge in [-0.2, -0.15) is 0 Å². The number of aromatic nitrogens is 4. The van der Waals surface area contributed by atoms with E-state index < -0.39 is 0 Å². The first kappa shape index (κ1) is 19.6. The molecule has 6 aromatic rings. The maximum Gasteiger partial charge on any atom is 0.223 e. The molecule has 0 atom stereocenters. The third-order valence-electron chi connectivity index (χ3n) is 5.71. The summed E-state index contributed by atoms with van der Waals surface area (Å²) in [5.74, 6) is 0.631. The van der Waals surface area contributed by atoms with Crippen molar-refractivity contribution in [3.63, 3.8) is 0 Å². The number of hydrogen-bond acceptors (Lipinski definition) is 5. The van der Waals surface area contributed by atoms with Gasteiger partial charge in [0.15, 0.2) is 0 Å². The predicted octanol–water partition coefficient (Wildman–Crippen LogP) is 6.56. The lowest BCUT2D eigenvalue weighted by Gasteiger charge is -2.07. The molecule has 4 heterocycles. The average Bonchev–Trinajstić information content (AvgIpc) is 3.49. The standard InChI is InChI=1S/C27H21N5S/c1-2-6-18(7-3-1)10-12-28-27-29-13-11-23(32-27)22-17-31-26-21(22)14-20(16-30-26)25-15-19-8-4-5-9-24(19)33-25/h1-9,11,13-17H,10,12H2,(H,30,31)(H,28,29,32). The molecular weight excluding hydrogens is 426 g/mol. The zero-order chi connectivity index (χ0) is 22.0. The molecule has 0 unspecified atom stereocenters. The Kier molecular flexibility index (Phi) is 5.05. The number of rotatable bonds is 6. The molecule has 0 saturated carbocycles. The quantitative estimate of drug-likeness (QED) is 0.304. The van der Waals surface area contributed by atoms with E-state index in [1.54, 1.807) is 17.5 Å². The third kappa shape index (κ3) is 3.97. The van der Waals surface area contributed by atoms with Crippen LogP contribution in [0.15, 0.2) is 91.4 Å². The minimum absolute atomic E-state index is 0.631. The number of nitrogens with one attached hydrogen (secondary N) is 2. The smallest absolute Gasteiger partial charge is 0.223 e. The monoisotopic (exact) mass is 447 g/mol. The number of nitrogens with zero attached hydrogens (tertiary/aromatic N) is 3. The Morgan fingerprint density at radius 2 is 1.79 bits per heavy atom. The van der Waals surface area contributed by atoms with Crippen molar-refractivity contribution in [1.29, 1.82) is 0 Å². The van der Waals surface area contributed by atoms with Gasteiger partial charge in [0.1, 0.15) is 5.65 Å². The van der Waals surface area contributed by atoms with Gasteiger partial charge in [-0.25, -0.2) is 15.0 Å². The second-order valence-corrected chi connectivity index (χ2v) is 8.98. The van der Waals surface area contributed by atoms with Crippen molar-refractivity contribution in [3.8, 4) is 21.7 Å². The van der Waals surface area contributed by atoms with Gasteiger partial charge < -0.3 is 10.3 Å². The van der Waals surface area contributed by atoms with Crippen LogP contribution in [-0.2, 0) is 6.42 Å². The lowest BCUT2D eigenvalue weighted by Crippen LogP contribution is -2.08. The van der Waals surface area contributed by atoms with Crippen molar-refractivity contribution < 1.29 is 0 Å². The third-order valence-corrected chi connectivity index (χ3v) is 6.88. The molecule has 2 aromatic carbocycles. The first-order chi connectivity index (χ1) is 16.3. The van der Waals surface area contributed by atoms with Gasteiger partial charge in [0.2, 0.25) is 5.95 Å². The first-order valence-corrected chi connectivity index (χ1v) is 11.7. The van der Waals surface area contributed by atoms with E-state index in [4.69, 9.17) is 4.98 Å². The topological polar surface area (TPSA) is 66.5 Å². The number of aromatic amines is 1. The molecule has 6 heteroatoms.